The van der Waals surface area contributed by atoms with Gasteiger partial charge in [0.05, 0.1) is 6.10 Å². The van der Waals surface area contributed by atoms with Crippen LogP contribution in [-0.2, 0) is 9.47 Å². The van der Waals surface area contributed by atoms with Crippen molar-refractivity contribution in [2.24, 2.45) is 0 Å². The van der Waals surface area contributed by atoms with Crippen LogP contribution in [0.3, 0.4) is 0 Å². The third-order valence-electron chi connectivity index (χ3n) is 1.65. The van der Waals surface area contributed by atoms with Gasteiger partial charge in [-0.3, -0.25) is 0 Å². The van der Waals surface area contributed by atoms with Crippen molar-refractivity contribution in [3.63, 3.8) is 0 Å². The van der Waals surface area contributed by atoms with Gasteiger partial charge in [-0.1, -0.05) is 0 Å². The van der Waals surface area contributed by atoms with Crippen molar-refractivity contribution < 1.29 is 19.4 Å². The quantitative estimate of drug-likeness (QED) is 0.587. The van der Waals surface area contributed by atoms with Gasteiger partial charge in [0.25, 0.3) is 0 Å². The molecule has 0 spiro atoms. The topological polar surface area (TPSA) is 55.8 Å². The first kappa shape index (κ1) is 7.34. The molecule has 0 aromatic carbocycles. The molecule has 4 heteroatoms. The van der Waals surface area contributed by atoms with E-state index < -0.39 is 6.16 Å². The fourth-order valence-corrected chi connectivity index (χ4v) is 0.949. The zero-order valence-corrected chi connectivity index (χ0v) is 5.74. The highest BCUT2D eigenvalue weighted by atomic mass is 16.7. The molecule has 0 aromatic rings. The molecule has 0 unspecified atom stereocenters. The molecular weight excluding hydrogens is 136 g/mol. The number of carboxylic acid groups (broad SMARTS) is 1. The molecule has 1 aliphatic carbocycles. The molecule has 0 amide bonds. The Labute approximate surface area is 58.7 Å². The Balaban J connectivity index is 2.08. The van der Waals surface area contributed by atoms with Crippen LogP contribution in [0.1, 0.15) is 12.8 Å². The summed E-state index contributed by atoms with van der Waals surface area (Å²) >= 11 is 0. The van der Waals surface area contributed by atoms with Crippen LogP contribution in [0.5, 0.6) is 0 Å². The summed E-state index contributed by atoms with van der Waals surface area (Å²) in [4.78, 5) is 9.93. The van der Waals surface area contributed by atoms with Gasteiger partial charge in [-0.15, -0.1) is 0 Å². The second-order valence-electron chi connectivity index (χ2n) is 2.33. The smallest absolute Gasteiger partial charge is 0.450 e. The molecule has 10 heavy (non-hydrogen) atoms. The van der Waals surface area contributed by atoms with E-state index in [1.165, 1.54) is 0 Å². The molecule has 4 nitrogen and oxygen atoms in total. The SMILES string of the molecule is COC1CC(OC(=O)O)C1. The first-order chi connectivity index (χ1) is 4.72. The van der Waals surface area contributed by atoms with Crippen LogP contribution in [0.25, 0.3) is 0 Å². The van der Waals surface area contributed by atoms with E-state index in [1.54, 1.807) is 7.11 Å². The van der Waals surface area contributed by atoms with E-state index in [0.717, 1.165) is 0 Å². The van der Waals surface area contributed by atoms with Crippen molar-refractivity contribution in [3.8, 4) is 0 Å². The van der Waals surface area contributed by atoms with Crippen LogP contribution >= 0.6 is 0 Å². The van der Waals surface area contributed by atoms with Crippen LogP contribution < -0.4 is 0 Å². The minimum atomic E-state index is -1.19. The van der Waals surface area contributed by atoms with E-state index in [2.05, 4.69) is 4.74 Å². The largest absolute Gasteiger partial charge is 0.506 e. The number of ether oxygens (including phenoxy) is 2. The van der Waals surface area contributed by atoms with E-state index in [-0.39, 0.29) is 12.2 Å². The minimum absolute atomic E-state index is 0.137. The molecule has 1 fully saturated rings. The molecule has 0 heterocycles. The third-order valence-corrected chi connectivity index (χ3v) is 1.65. The average molecular weight is 146 g/mol. The van der Waals surface area contributed by atoms with E-state index in [0.29, 0.717) is 12.8 Å². The van der Waals surface area contributed by atoms with Crippen molar-refractivity contribution in [2.75, 3.05) is 7.11 Å². The highest BCUT2D eigenvalue weighted by Gasteiger charge is 2.31. The summed E-state index contributed by atoms with van der Waals surface area (Å²) in [5.74, 6) is 0. The van der Waals surface area contributed by atoms with Gasteiger partial charge in [-0.05, 0) is 0 Å². The molecule has 58 valence electrons. The van der Waals surface area contributed by atoms with Crippen molar-refractivity contribution in [1.29, 1.82) is 0 Å². The maximum atomic E-state index is 9.93. The second kappa shape index (κ2) is 2.88. The zero-order valence-electron chi connectivity index (χ0n) is 5.74. The number of carbonyl (C=O) groups is 1. The van der Waals surface area contributed by atoms with Crippen LogP contribution in [0, 0.1) is 0 Å². The van der Waals surface area contributed by atoms with Crippen LogP contribution in [0.4, 0.5) is 4.79 Å². The molecule has 1 rings (SSSR count). The van der Waals surface area contributed by atoms with Gasteiger partial charge in [-0.25, -0.2) is 4.79 Å². The summed E-state index contributed by atoms with van der Waals surface area (Å²) in [6.07, 6.45) is 0.261. The van der Waals surface area contributed by atoms with Gasteiger partial charge in [-0.2, -0.15) is 0 Å². The molecular formula is C6H10O4. The highest BCUT2D eigenvalue weighted by molar-refractivity contribution is 5.57. The van der Waals surface area contributed by atoms with Crippen molar-refractivity contribution in [2.45, 2.75) is 25.0 Å². The highest BCUT2D eigenvalue weighted by Crippen LogP contribution is 2.25. The number of hydrogen-bond acceptors (Lipinski definition) is 3. The van der Waals surface area contributed by atoms with Crippen LogP contribution in [-0.4, -0.2) is 30.6 Å². The maximum Gasteiger partial charge on any atom is 0.506 e. The van der Waals surface area contributed by atoms with Gasteiger partial charge in [0.1, 0.15) is 6.10 Å². The lowest BCUT2D eigenvalue weighted by molar-refractivity contribution is -0.0678. The molecule has 0 aliphatic heterocycles. The average Bonchev–Trinajstić information content (AvgIpc) is 1.76. The third kappa shape index (κ3) is 1.60. The number of hydrogen-bond donors (Lipinski definition) is 1. The molecule has 0 aromatic heterocycles. The number of methoxy groups -OCH3 is 1. The standard InChI is InChI=1S/C6H10O4/c1-9-4-2-5(3-4)10-6(7)8/h4-5H,2-3H2,1H3,(H,7,8). The maximum absolute atomic E-state index is 9.93. The molecule has 1 aliphatic rings. The lowest BCUT2D eigenvalue weighted by Crippen LogP contribution is -2.37. The summed E-state index contributed by atoms with van der Waals surface area (Å²) in [6, 6.07) is 0. The first-order valence-electron chi connectivity index (χ1n) is 3.14. The second-order valence-corrected chi connectivity index (χ2v) is 2.33. The molecule has 0 saturated heterocycles. The fourth-order valence-electron chi connectivity index (χ4n) is 0.949. The van der Waals surface area contributed by atoms with E-state index in [1.807, 2.05) is 0 Å². The van der Waals surface area contributed by atoms with Crippen molar-refractivity contribution in [1.82, 2.24) is 0 Å². The fraction of sp³-hybridized carbons (Fsp3) is 0.833. The van der Waals surface area contributed by atoms with E-state index in [4.69, 9.17) is 9.84 Å². The molecule has 0 radical (unpaired) electrons. The van der Waals surface area contributed by atoms with Gasteiger partial charge < -0.3 is 14.6 Å². The monoisotopic (exact) mass is 146 g/mol. The van der Waals surface area contributed by atoms with Gasteiger partial charge in [0, 0.05) is 20.0 Å². The Hall–Kier alpha value is -0.770. The zero-order chi connectivity index (χ0) is 7.56. The Bertz CT molecular complexity index is 128. The Morgan fingerprint density at radius 1 is 1.50 bits per heavy atom. The first-order valence-corrected chi connectivity index (χ1v) is 3.14. The van der Waals surface area contributed by atoms with E-state index in [9.17, 15) is 4.79 Å². The summed E-state index contributed by atoms with van der Waals surface area (Å²) in [7, 11) is 1.61. The summed E-state index contributed by atoms with van der Waals surface area (Å²) in [5, 5.41) is 8.14. The van der Waals surface area contributed by atoms with E-state index >= 15 is 0 Å². The van der Waals surface area contributed by atoms with Gasteiger partial charge >= 0.3 is 6.16 Å². The van der Waals surface area contributed by atoms with Gasteiger partial charge in [0.2, 0.25) is 0 Å². The lowest BCUT2D eigenvalue weighted by atomic mass is 9.92. The normalized spacial score (nSPS) is 30.9. The predicted molar refractivity (Wildman–Crippen MR) is 32.9 cm³/mol. The molecule has 1 N–H and O–H groups in total. The summed E-state index contributed by atoms with van der Waals surface area (Å²) in [5.41, 5.74) is 0. The van der Waals surface area contributed by atoms with Crippen molar-refractivity contribution in [3.05, 3.63) is 0 Å². The molecule has 0 atom stereocenters. The summed E-state index contributed by atoms with van der Waals surface area (Å²) in [6.45, 7) is 0. The van der Waals surface area contributed by atoms with Gasteiger partial charge in [0.15, 0.2) is 0 Å². The molecule has 0 bridgehead atoms. The predicted octanol–water partition coefficient (Wildman–Crippen LogP) is 0.858. The molecule has 1 saturated carbocycles. The Morgan fingerprint density at radius 3 is 2.50 bits per heavy atom. The number of rotatable bonds is 2. The van der Waals surface area contributed by atoms with Crippen LogP contribution in [0.2, 0.25) is 0 Å². The Morgan fingerprint density at radius 2 is 2.10 bits per heavy atom. The van der Waals surface area contributed by atoms with Crippen LogP contribution in [0.15, 0.2) is 0 Å². The lowest BCUT2D eigenvalue weighted by Gasteiger charge is -2.32. The minimum Gasteiger partial charge on any atom is -0.450 e. The van der Waals surface area contributed by atoms with Crippen molar-refractivity contribution >= 4 is 6.16 Å². The summed E-state index contributed by atoms with van der Waals surface area (Å²) < 4.78 is 9.38. The Kier molecular flexibility index (Phi) is 2.11.